The van der Waals surface area contributed by atoms with Gasteiger partial charge in [0.25, 0.3) is 0 Å². The van der Waals surface area contributed by atoms with Gasteiger partial charge in [-0.1, -0.05) is 0 Å². The van der Waals surface area contributed by atoms with Crippen molar-refractivity contribution in [3.05, 3.63) is 59.9 Å². The molecule has 3 aromatic rings. The lowest BCUT2D eigenvalue weighted by Gasteiger charge is -2.27. The average Bonchev–Trinajstić information content (AvgIpc) is 3.08. The van der Waals surface area contributed by atoms with Gasteiger partial charge in [0.1, 0.15) is 0 Å². The van der Waals surface area contributed by atoms with Crippen LogP contribution >= 0.6 is 0 Å². The molecule has 0 saturated heterocycles. The van der Waals surface area contributed by atoms with Crippen LogP contribution in [0.3, 0.4) is 0 Å². The molecule has 1 aliphatic rings. The van der Waals surface area contributed by atoms with E-state index in [0.717, 1.165) is 43.1 Å². The number of hydrogen-bond donors (Lipinski definition) is 1. The smallest absolute Gasteiger partial charge is 0.160 e. The molecule has 1 aliphatic heterocycles. The Balaban J connectivity index is 1.54. The molecule has 3 aromatic heterocycles. The number of hydrogen-bond acceptors (Lipinski definition) is 5. The van der Waals surface area contributed by atoms with Gasteiger partial charge in [-0.3, -0.25) is 15.0 Å². The van der Waals surface area contributed by atoms with E-state index in [2.05, 4.69) is 25.1 Å². The van der Waals surface area contributed by atoms with Gasteiger partial charge in [0.15, 0.2) is 5.82 Å². The van der Waals surface area contributed by atoms with Crippen LogP contribution in [-0.4, -0.2) is 36.6 Å². The Kier molecular flexibility index (Phi) is 3.36. The van der Waals surface area contributed by atoms with Crippen molar-refractivity contribution in [1.29, 1.82) is 0 Å². The van der Waals surface area contributed by atoms with Crippen molar-refractivity contribution in [1.82, 2.24) is 30.0 Å². The van der Waals surface area contributed by atoms with Crippen LogP contribution in [0.1, 0.15) is 16.8 Å². The van der Waals surface area contributed by atoms with E-state index in [9.17, 15) is 0 Å². The van der Waals surface area contributed by atoms with Gasteiger partial charge in [-0.2, -0.15) is 5.10 Å². The normalized spacial score (nSPS) is 14.7. The maximum absolute atomic E-state index is 4.72. The molecule has 0 aromatic carbocycles. The lowest BCUT2D eigenvalue weighted by molar-refractivity contribution is 0.243. The van der Waals surface area contributed by atoms with Crippen LogP contribution in [-0.2, 0) is 19.5 Å². The van der Waals surface area contributed by atoms with Gasteiger partial charge in [0, 0.05) is 67.5 Å². The molecule has 0 atom stereocenters. The van der Waals surface area contributed by atoms with Crippen LogP contribution in [0.5, 0.6) is 0 Å². The van der Waals surface area contributed by atoms with Gasteiger partial charge in [-0.25, -0.2) is 9.97 Å². The molecule has 0 bridgehead atoms. The highest BCUT2D eigenvalue weighted by Crippen LogP contribution is 2.21. The predicted octanol–water partition coefficient (Wildman–Crippen LogP) is 1.82. The van der Waals surface area contributed by atoms with Crippen molar-refractivity contribution < 1.29 is 0 Å². The third-order valence-corrected chi connectivity index (χ3v) is 3.89. The molecule has 0 unspecified atom stereocenters. The number of pyridine rings is 1. The number of nitrogens with one attached hydrogen (secondary N) is 1. The molecule has 6 heteroatoms. The summed E-state index contributed by atoms with van der Waals surface area (Å²) in [6, 6.07) is 3.90. The van der Waals surface area contributed by atoms with Crippen molar-refractivity contribution in [2.24, 2.45) is 0 Å². The summed E-state index contributed by atoms with van der Waals surface area (Å²) in [4.78, 5) is 15.7. The Morgan fingerprint density at radius 3 is 3.05 bits per heavy atom. The van der Waals surface area contributed by atoms with Crippen LogP contribution < -0.4 is 0 Å². The summed E-state index contributed by atoms with van der Waals surface area (Å²) < 4.78 is 0. The minimum Gasteiger partial charge on any atom is -0.294 e. The van der Waals surface area contributed by atoms with Crippen LogP contribution in [0.15, 0.2) is 43.1 Å². The average molecular weight is 292 g/mol. The van der Waals surface area contributed by atoms with E-state index in [1.807, 2.05) is 30.7 Å². The topological polar surface area (TPSA) is 70.6 Å². The van der Waals surface area contributed by atoms with Gasteiger partial charge in [-0.05, 0) is 12.1 Å². The zero-order valence-electron chi connectivity index (χ0n) is 12.1. The van der Waals surface area contributed by atoms with Gasteiger partial charge in [0.05, 0.1) is 11.9 Å². The first-order valence-electron chi connectivity index (χ1n) is 7.34. The zero-order valence-corrected chi connectivity index (χ0v) is 12.1. The Morgan fingerprint density at radius 1 is 1.23 bits per heavy atom. The van der Waals surface area contributed by atoms with Crippen molar-refractivity contribution in [3.63, 3.8) is 0 Å². The van der Waals surface area contributed by atoms with Crippen LogP contribution in [0, 0.1) is 0 Å². The second-order valence-corrected chi connectivity index (χ2v) is 5.47. The largest absolute Gasteiger partial charge is 0.294 e. The molecular weight excluding hydrogens is 276 g/mol. The lowest BCUT2D eigenvalue weighted by Crippen LogP contribution is -2.30. The quantitative estimate of drug-likeness (QED) is 0.797. The molecule has 0 radical (unpaired) electrons. The molecule has 4 rings (SSSR count). The number of rotatable bonds is 3. The molecule has 0 aliphatic carbocycles. The first kappa shape index (κ1) is 13.1. The molecule has 0 amide bonds. The van der Waals surface area contributed by atoms with Gasteiger partial charge < -0.3 is 0 Å². The Hall–Kier alpha value is -2.60. The molecule has 4 heterocycles. The first-order chi connectivity index (χ1) is 10.9. The van der Waals surface area contributed by atoms with E-state index < -0.39 is 0 Å². The third-order valence-electron chi connectivity index (χ3n) is 3.89. The number of nitrogens with zero attached hydrogens (tertiary/aromatic N) is 5. The van der Waals surface area contributed by atoms with Crippen molar-refractivity contribution in [3.8, 4) is 11.4 Å². The molecule has 110 valence electrons. The molecule has 0 saturated carbocycles. The number of aromatic nitrogens is 5. The van der Waals surface area contributed by atoms with Crippen molar-refractivity contribution in [2.45, 2.75) is 19.5 Å². The van der Waals surface area contributed by atoms with E-state index in [1.54, 1.807) is 12.4 Å². The van der Waals surface area contributed by atoms with Crippen LogP contribution in [0.4, 0.5) is 0 Å². The van der Waals surface area contributed by atoms with Crippen LogP contribution in [0.25, 0.3) is 11.4 Å². The number of fused-ring (bicyclic) bond motifs is 1. The zero-order chi connectivity index (χ0) is 14.8. The number of H-pyrrole nitrogens is 1. The third kappa shape index (κ3) is 2.60. The fourth-order valence-electron chi connectivity index (χ4n) is 2.77. The second-order valence-electron chi connectivity index (χ2n) is 5.47. The number of aromatic amines is 1. The molecular formula is C16H16N6. The summed E-state index contributed by atoms with van der Waals surface area (Å²) in [6.07, 6.45) is 10.3. The van der Waals surface area contributed by atoms with E-state index in [0.29, 0.717) is 0 Å². The highest BCUT2D eigenvalue weighted by Gasteiger charge is 2.19. The minimum absolute atomic E-state index is 0.759. The minimum atomic E-state index is 0.759. The Bertz CT molecular complexity index is 754. The maximum Gasteiger partial charge on any atom is 0.160 e. The summed E-state index contributed by atoms with van der Waals surface area (Å²) in [7, 11) is 0. The summed E-state index contributed by atoms with van der Waals surface area (Å²) in [5, 5.41) is 6.85. The van der Waals surface area contributed by atoms with Crippen LogP contribution in [0.2, 0.25) is 0 Å². The van der Waals surface area contributed by atoms with E-state index in [1.165, 1.54) is 11.1 Å². The summed E-state index contributed by atoms with van der Waals surface area (Å²) in [6.45, 7) is 2.79. The van der Waals surface area contributed by atoms with E-state index in [-0.39, 0.29) is 0 Å². The fourth-order valence-corrected chi connectivity index (χ4v) is 2.77. The maximum atomic E-state index is 4.72. The molecule has 1 N–H and O–H groups in total. The van der Waals surface area contributed by atoms with Gasteiger partial charge in [-0.15, -0.1) is 0 Å². The molecule has 0 fully saturated rings. The summed E-state index contributed by atoms with van der Waals surface area (Å²) in [5.74, 6) is 0.759. The van der Waals surface area contributed by atoms with E-state index >= 15 is 0 Å². The molecule has 6 nitrogen and oxygen atoms in total. The first-order valence-corrected chi connectivity index (χ1v) is 7.34. The highest BCUT2D eigenvalue weighted by atomic mass is 15.1. The van der Waals surface area contributed by atoms with Gasteiger partial charge in [0.2, 0.25) is 0 Å². The molecule has 22 heavy (non-hydrogen) atoms. The monoisotopic (exact) mass is 292 g/mol. The predicted molar refractivity (Wildman–Crippen MR) is 81.7 cm³/mol. The lowest BCUT2D eigenvalue weighted by atomic mass is 10.1. The Morgan fingerprint density at radius 2 is 2.23 bits per heavy atom. The van der Waals surface area contributed by atoms with Gasteiger partial charge >= 0.3 is 0 Å². The van der Waals surface area contributed by atoms with Crippen molar-refractivity contribution in [2.75, 3.05) is 6.54 Å². The summed E-state index contributed by atoms with van der Waals surface area (Å²) >= 11 is 0. The standard InChI is InChI=1S/C16H16N6/c1-2-13(8-17-4-1)16-18-9-14-11-22(5-3-15(14)21-16)10-12-6-19-20-7-12/h1-2,4,6-9H,3,5,10-11H2,(H,19,20). The summed E-state index contributed by atoms with van der Waals surface area (Å²) in [5.41, 5.74) is 4.53. The molecule has 0 spiro atoms. The fraction of sp³-hybridized carbons (Fsp3) is 0.250. The second kappa shape index (κ2) is 5.65. The SMILES string of the molecule is c1cncc(-c2ncc3c(n2)CCN(Cc2cn[nH]c2)C3)c1. The van der Waals surface area contributed by atoms with E-state index in [4.69, 9.17) is 4.98 Å². The highest BCUT2D eigenvalue weighted by molar-refractivity contribution is 5.53. The van der Waals surface area contributed by atoms with Crippen molar-refractivity contribution >= 4 is 0 Å². The Labute approximate surface area is 128 Å².